The van der Waals surface area contributed by atoms with Crippen molar-refractivity contribution in [2.24, 2.45) is 5.73 Å². The fraction of sp³-hybridized carbons (Fsp3) is 0.419. The first-order valence-electron chi connectivity index (χ1n) is 15.8. The van der Waals surface area contributed by atoms with Gasteiger partial charge in [-0.25, -0.2) is 0 Å². The molecule has 274 valence electrons. The third-order valence-electron chi connectivity index (χ3n) is 8.46. The second kappa shape index (κ2) is 16.8. The van der Waals surface area contributed by atoms with E-state index in [1.165, 1.54) is 10.3 Å². The lowest BCUT2D eigenvalue weighted by atomic mass is 9.98. The molecule has 0 bridgehead atoms. The quantitative estimate of drug-likeness (QED) is 0.114. The van der Waals surface area contributed by atoms with Gasteiger partial charge in [0.25, 0.3) is 5.24 Å². The third-order valence-corrected chi connectivity index (χ3v) is 12.7. The zero-order valence-electron chi connectivity index (χ0n) is 27.0. The molecular weight excluding hydrogens is 744 g/mol. The summed E-state index contributed by atoms with van der Waals surface area (Å²) < 4.78 is 11.6. The molecule has 5 rings (SSSR count). The molecule has 5 atom stereocenters. The molecule has 5 amide bonds. The lowest BCUT2D eigenvalue weighted by molar-refractivity contribution is -0.145. The number of amides is 5. The lowest BCUT2D eigenvalue weighted by Gasteiger charge is -2.38. The van der Waals surface area contributed by atoms with E-state index in [9.17, 15) is 48.2 Å². The Kier molecular flexibility index (Phi) is 12.7. The van der Waals surface area contributed by atoms with E-state index in [0.29, 0.717) is 12.8 Å². The summed E-state index contributed by atoms with van der Waals surface area (Å²) in [5.74, 6) is -3.32. The van der Waals surface area contributed by atoms with Crippen molar-refractivity contribution in [2.75, 3.05) is 23.5 Å². The Morgan fingerprint density at radius 2 is 1.73 bits per heavy atom. The number of rotatable bonds is 14. The summed E-state index contributed by atoms with van der Waals surface area (Å²) in [6.07, 6.45) is -0.222. The largest absolute Gasteiger partial charge is 0.368 e. The number of aliphatic hydroxyl groups is 1. The van der Waals surface area contributed by atoms with Crippen LogP contribution in [-0.4, -0.2) is 106 Å². The number of thiazole rings is 1. The molecule has 2 fully saturated rings. The number of nitrogens with two attached hydrogens (primary N) is 1. The summed E-state index contributed by atoms with van der Waals surface area (Å²) in [5, 5.41) is 18.7. The molecule has 51 heavy (non-hydrogen) atoms. The molecule has 3 aromatic rings. The normalized spacial score (nSPS) is 19.8. The number of carbonyl (C=O) groups excluding carboxylic acids is 5. The Bertz CT molecular complexity index is 1900. The SMILES string of the molecule is NC(=O)C(Cc1ccc2ccccc2c1)NC(=O)C1CCCCN1C(=O)C(CSCP(=O)(O)O)NC(=O)C1CSC(=O)N1C(O)c1csc(=O)[nH]1. The number of aromatic amines is 1. The van der Waals surface area contributed by atoms with Gasteiger partial charge in [0, 0.05) is 29.9 Å². The van der Waals surface area contributed by atoms with E-state index >= 15 is 0 Å². The van der Waals surface area contributed by atoms with Gasteiger partial charge < -0.3 is 41.1 Å². The van der Waals surface area contributed by atoms with Gasteiger partial charge in [0.1, 0.15) is 24.2 Å². The second-order valence-corrected chi connectivity index (χ2v) is 17.0. The predicted molar refractivity (Wildman–Crippen MR) is 193 cm³/mol. The number of aromatic nitrogens is 1. The molecule has 0 spiro atoms. The molecular formula is C31H37N6O10PS3. The minimum Gasteiger partial charge on any atom is -0.368 e. The van der Waals surface area contributed by atoms with Crippen LogP contribution in [0.3, 0.4) is 0 Å². The molecule has 0 aliphatic carbocycles. The number of fused-ring (bicyclic) bond motifs is 1. The monoisotopic (exact) mass is 780 g/mol. The number of carbonyl (C=O) groups is 5. The van der Waals surface area contributed by atoms with Crippen LogP contribution >= 0.6 is 42.5 Å². The van der Waals surface area contributed by atoms with Crippen LogP contribution < -0.4 is 21.2 Å². The zero-order chi connectivity index (χ0) is 36.9. The van der Waals surface area contributed by atoms with E-state index in [-0.39, 0.29) is 36.6 Å². The zero-order valence-corrected chi connectivity index (χ0v) is 30.3. The van der Waals surface area contributed by atoms with Gasteiger partial charge >= 0.3 is 12.5 Å². The van der Waals surface area contributed by atoms with Crippen molar-refractivity contribution in [2.45, 2.75) is 56.1 Å². The molecule has 2 aliphatic heterocycles. The summed E-state index contributed by atoms with van der Waals surface area (Å²) in [7, 11) is -4.50. The highest BCUT2D eigenvalue weighted by atomic mass is 32.2. The minimum absolute atomic E-state index is 0.000489. The van der Waals surface area contributed by atoms with Crippen molar-refractivity contribution in [3.63, 3.8) is 0 Å². The Labute approximate surface area is 304 Å². The van der Waals surface area contributed by atoms with E-state index in [1.54, 1.807) is 0 Å². The van der Waals surface area contributed by atoms with Gasteiger partial charge in [-0.15, -0.1) is 11.8 Å². The Hall–Kier alpha value is -3.71. The van der Waals surface area contributed by atoms with Gasteiger partial charge in [-0.05, 0) is 35.6 Å². The van der Waals surface area contributed by atoms with Crippen molar-refractivity contribution >= 4 is 82.1 Å². The number of benzene rings is 2. The van der Waals surface area contributed by atoms with Crippen LogP contribution in [0.25, 0.3) is 10.8 Å². The molecule has 2 aliphatic rings. The van der Waals surface area contributed by atoms with Gasteiger partial charge in [-0.1, -0.05) is 65.6 Å². The van der Waals surface area contributed by atoms with Gasteiger partial charge in [0.05, 0.1) is 11.2 Å². The summed E-state index contributed by atoms with van der Waals surface area (Å²) >= 11 is 2.23. The molecule has 8 N–H and O–H groups in total. The molecule has 2 aromatic carbocycles. The van der Waals surface area contributed by atoms with Crippen molar-refractivity contribution in [1.29, 1.82) is 0 Å². The topological polar surface area (TPSA) is 253 Å². The third kappa shape index (κ3) is 9.79. The van der Waals surface area contributed by atoms with Gasteiger partial charge in [-0.2, -0.15) is 0 Å². The Balaban J connectivity index is 1.32. The average molecular weight is 781 g/mol. The maximum Gasteiger partial charge on any atom is 0.335 e. The molecule has 20 heteroatoms. The molecule has 2 saturated heterocycles. The first-order chi connectivity index (χ1) is 24.2. The second-order valence-electron chi connectivity index (χ2n) is 12.1. The summed E-state index contributed by atoms with van der Waals surface area (Å²) in [4.78, 5) is 101. The number of aliphatic hydroxyl groups excluding tert-OH is 1. The first-order valence-corrected chi connectivity index (χ1v) is 20.6. The van der Waals surface area contributed by atoms with Crippen LogP contribution in [0.1, 0.15) is 36.7 Å². The van der Waals surface area contributed by atoms with E-state index in [0.717, 1.165) is 56.1 Å². The number of hydrogen-bond donors (Lipinski definition) is 7. The average Bonchev–Trinajstić information content (AvgIpc) is 3.71. The number of nitrogens with zero attached hydrogens (tertiary/aromatic N) is 2. The Morgan fingerprint density at radius 3 is 2.41 bits per heavy atom. The smallest absolute Gasteiger partial charge is 0.335 e. The highest BCUT2D eigenvalue weighted by molar-refractivity contribution is 8.13. The van der Waals surface area contributed by atoms with E-state index in [2.05, 4.69) is 15.6 Å². The van der Waals surface area contributed by atoms with Crippen LogP contribution in [0.15, 0.2) is 52.6 Å². The predicted octanol–water partition coefficient (Wildman–Crippen LogP) is 1.06. The van der Waals surface area contributed by atoms with E-state index in [4.69, 9.17) is 5.73 Å². The Morgan fingerprint density at radius 1 is 1.02 bits per heavy atom. The van der Waals surface area contributed by atoms with Crippen LogP contribution in [0.2, 0.25) is 0 Å². The number of hydrogen-bond acceptors (Lipinski definition) is 11. The molecule has 3 heterocycles. The van der Waals surface area contributed by atoms with E-state index in [1.807, 2.05) is 42.5 Å². The van der Waals surface area contributed by atoms with Crippen LogP contribution in [0, 0.1) is 0 Å². The van der Waals surface area contributed by atoms with Crippen LogP contribution in [0.4, 0.5) is 4.79 Å². The highest BCUT2D eigenvalue weighted by Gasteiger charge is 2.44. The number of nitrogens with one attached hydrogen (secondary N) is 3. The number of H-pyrrole nitrogens is 1. The number of likely N-dealkylation sites (tertiary alicyclic amines) is 1. The van der Waals surface area contributed by atoms with Crippen molar-refractivity contribution < 1.29 is 43.4 Å². The summed E-state index contributed by atoms with van der Waals surface area (Å²) in [6, 6.07) is 8.47. The van der Waals surface area contributed by atoms with Crippen LogP contribution in [0.5, 0.6) is 0 Å². The molecule has 5 unspecified atom stereocenters. The van der Waals surface area contributed by atoms with Gasteiger partial charge in [0.15, 0.2) is 6.23 Å². The molecule has 1 aromatic heterocycles. The van der Waals surface area contributed by atoms with Crippen molar-refractivity contribution in [3.8, 4) is 0 Å². The fourth-order valence-electron chi connectivity index (χ4n) is 5.97. The molecule has 0 radical (unpaired) electrons. The van der Waals surface area contributed by atoms with Crippen molar-refractivity contribution in [1.82, 2.24) is 25.4 Å². The highest BCUT2D eigenvalue weighted by Crippen LogP contribution is 2.39. The number of primary amides is 1. The first kappa shape index (κ1) is 38.5. The summed E-state index contributed by atoms with van der Waals surface area (Å²) in [5.41, 5.74) is 5.79. The summed E-state index contributed by atoms with van der Waals surface area (Å²) in [6.45, 7) is 0.118. The van der Waals surface area contributed by atoms with Crippen molar-refractivity contribution in [3.05, 3.63) is 68.8 Å². The standard InChI is InChI=1S/C31H37N6O10PS3/c32-25(38)20(12-17-8-9-18-5-1-2-6-19(18)11-17)33-26(39)23-7-3-4-10-36(23)28(41)21(13-49-16-48(45,46)47)34-27(40)24-15-51-31(44)37(24)29(42)22-14-50-30(43)35-22/h1-2,5-6,8-9,11,14,20-21,23-24,29,42H,3-4,7,10,12-13,15-16H2,(H2,32,38)(H,33,39)(H,34,40)(H,35,43)(H2,45,46,47). The molecule has 0 saturated carbocycles. The minimum atomic E-state index is -4.50. The lowest BCUT2D eigenvalue weighted by Crippen LogP contribution is -2.61. The van der Waals surface area contributed by atoms with Gasteiger partial charge in [-0.3, -0.25) is 38.2 Å². The maximum atomic E-state index is 14.1. The number of thioether (sulfide) groups is 2. The van der Waals surface area contributed by atoms with Gasteiger partial charge in [0.2, 0.25) is 23.6 Å². The number of piperidine rings is 1. The van der Waals surface area contributed by atoms with E-state index < -0.39 is 77.2 Å². The molecule has 16 nitrogen and oxygen atoms in total. The fourth-order valence-corrected chi connectivity index (χ4v) is 9.38. The van der Waals surface area contributed by atoms with Crippen LogP contribution in [-0.2, 0) is 30.2 Å². The maximum absolute atomic E-state index is 14.1.